The van der Waals surface area contributed by atoms with E-state index in [2.05, 4.69) is 31.2 Å². The van der Waals surface area contributed by atoms with Crippen molar-refractivity contribution in [2.75, 3.05) is 25.0 Å². The molecule has 1 aliphatic rings. The molecule has 0 amide bonds. The third kappa shape index (κ3) is 4.12. The summed E-state index contributed by atoms with van der Waals surface area (Å²) in [6.45, 7) is 1.84. The van der Waals surface area contributed by atoms with Gasteiger partial charge in [-0.3, -0.25) is 0 Å². The molecule has 2 aromatic rings. The second-order valence-corrected chi connectivity index (χ2v) is 8.62. The van der Waals surface area contributed by atoms with E-state index < -0.39 is 10.0 Å². The predicted octanol–water partition coefficient (Wildman–Crippen LogP) is 2.75. The topological polar surface area (TPSA) is 75.2 Å². The summed E-state index contributed by atoms with van der Waals surface area (Å²) >= 11 is 3.30. The molecule has 0 unspecified atom stereocenters. The van der Waals surface area contributed by atoms with Crippen molar-refractivity contribution in [3.8, 4) is 0 Å². The standard InChI is InChI=1S/C16H19BrN4O2S/c17-14-11-19-16(20-12-14)18-10-13-6-8-21(9-7-13)24(22,23)15-4-2-1-3-5-15/h1-5,11-13H,6-10H2,(H,18,19,20). The fourth-order valence-electron chi connectivity index (χ4n) is 2.73. The van der Waals surface area contributed by atoms with Crippen molar-refractivity contribution in [2.45, 2.75) is 17.7 Å². The summed E-state index contributed by atoms with van der Waals surface area (Å²) in [5.41, 5.74) is 0. The van der Waals surface area contributed by atoms with Gasteiger partial charge in [-0.15, -0.1) is 0 Å². The molecule has 0 radical (unpaired) electrons. The quantitative estimate of drug-likeness (QED) is 0.819. The van der Waals surface area contributed by atoms with E-state index in [0.29, 0.717) is 29.9 Å². The van der Waals surface area contributed by atoms with Gasteiger partial charge in [0, 0.05) is 32.0 Å². The monoisotopic (exact) mass is 410 g/mol. The van der Waals surface area contributed by atoms with Crippen LogP contribution in [0, 0.1) is 5.92 Å². The minimum Gasteiger partial charge on any atom is -0.354 e. The highest BCUT2D eigenvalue weighted by atomic mass is 79.9. The van der Waals surface area contributed by atoms with Crippen molar-refractivity contribution >= 4 is 31.9 Å². The van der Waals surface area contributed by atoms with Crippen molar-refractivity contribution in [1.82, 2.24) is 14.3 Å². The fraction of sp³-hybridized carbons (Fsp3) is 0.375. The van der Waals surface area contributed by atoms with Gasteiger partial charge in [-0.1, -0.05) is 18.2 Å². The molecule has 3 rings (SSSR count). The van der Waals surface area contributed by atoms with Gasteiger partial charge in [-0.05, 0) is 46.8 Å². The van der Waals surface area contributed by atoms with Crippen LogP contribution in [0.2, 0.25) is 0 Å². The van der Waals surface area contributed by atoms with Gasteiger partial charge in [-0.25, -0.2) is 18.4 Å². The predicted molar refractivity (Wildman–Crippen MR) is 96.1 cm³/mol. The molecule has 1 aromatic carbocycles. The Labute approximate surface area is 150 Å². The number of piperidine rings is 1. The van der Waals surface area contributed by atoms with Crippen molar-refractivity contribution < 1.29 is 8.42 Å². The number of benzene rings is 1. The van der Waals surface area contributed by atoms with E-state index in [1.165, 1.54) is 0 Å². The van der Waals surface area contributed by atoms with Crippen LogP contribution in [0.1, 0.15) is 12.8 Å². The van der Waals surface area contributed by atoms with Crippen LogP contribution in [0.4, 0.5) is 5.95 Å². The normalized spacial score (nSPS) is 16.9. The molecule has 1 fully saturated rings. The minimum atomic E-state index is -3.37. The van der Waals surface area contributed by atoms with Crippen LogP contribution in [0.5, 0.6) is 0 Å². The highest BCUT2D eigenvalue weighted by Gasteiger charge is 2.29. The fourth-order valence-corrected chi connectivity index (χ4v) is 4.43. The molecule has 0 saturated carbocycles. The van der Waals surface area contributed by atoms with Crippen molar-refractivity contribution in [1.29, 1.82) is 0 Å². The Morgan fingerprint density at radius 1 is 1.12 bits per heavy atom. The van der Waals surface area contributed by atoms with Gasteiger partial charge in [0.15, 0.2) is 0 Å². The van der Waals surface area contributed by atoms with Crippen LogP contribution in [0.15, 0.2) is 52.1 Å². The Kier molecular flexibility index (Phi) is 5.47. The first kappa shape index (κ1) is 17.3. The number of nitrogens with zero attached hydrogens (tertiary/aromatic N) is 3. The van der Waals surface area contributed by atoms with E-state index in [-0.39, 0.29) is 0 Å². The van der Waals surface area contributed by atoms with Gasteiger partial charge >= 0.3 is 0 Å². The number of hydrogen-bond donors (Lipinski definition) is 1. The van der Waals surface area contributed by atoms with Crippen LogP contribution in [0.25, 0.3) is 0 Å². The molecule has 1 saturated heterocycles. The molecule has 1 N–H and O–H groups in total. The average Bonchev–Trinajstić information content (AvgIpc) is 2.62. The summed E-state index contributed by atoms with van der Waals surface area (Å²) in [6.07, 6.45) is 5.06. The number of anilines is 1. The first-order valence-electron chi connectivity index (χ1n) is 7.82. The van der Waals surface area contributed by atoms with Gasteiger partial charge in [0.1, 0.15) is 0 Å². The highest BCUT2D eigenvalue weighted by Crippen LogP contribution is 2.23. The minimum absolute atomic E-state index is 0.366. The number of hydrogen-bond acceptors (Lipinski definition) is 5. The second-order valence-electron chi connectivity index (χ2n) is 5.77. The zero-order valence-corrected chi connectivity index (χ0v) is 15.5. The van der Waals surface area contributed by atoms with Gasteiger partial charge in [0.25, 0.3) is 0 Å². The Balaban J connectivity index is 1.53. The SMILES string of the molecule is O=S(=O)(c1ccccc1)N1CCC(CNc2ncc(Br)cn2)CC1. The molecule has 2 heterocycles. The van der Waals surface area contributed by atoms with Gasteiger partial charge in [0.2, 0.25) is 16.0 Å². The first-order valence-corrected chi connectivity index (χ1v) is 10.1. The molecular weight excluding hydrogens is 392 g/mol. The van der Waals surface area contributed by atoms with Crippen molar-refractivity contribution in [2.24, 2.45) is 5.92 Å². The lowest BCUT2D eigenvalue weighted by Crippen LogP contribution is -2.39. The van der Waals surface area contributed by atoms with E-state index in [9.17, 15) is 8.42 Å². The van der Waals surface area contributed by atoms with Gasteiger partial charge < -0.3 is 5.32 Å². The zero-order valence-electron chi connectivity index (χ0n) is 13.1. The maximum absolute atomic E-state index is 12.6. The Bertz CT molecular complexity index is 760. The maximum Gasteiger partial charge on any atom is 0.243 e. The molecule has 1 aromatic heterocycles. The van der Waals surface area contributed by atoms with Gasteiger partial charge in [-0.2, -0.15) is 4.31 Å². The second kappa shape index (κ2) is 7.58. The summed E-state index contributed by atoms with van der Waals surface area (Å²) in [4.78, 5) is 8.73. The molecule has 24 heavy (non-hydrogen) atoms. The molecule has 0 aliphatic carbocycles. The Morgan fingerprint density at radius 2 is 1.75 bits per heavy atom. The first-order chi connectivity index (χ1) is 11.6. The highest BCUT2D eigenvalue weighted by molar-refractivity contribution is 9.10. The summed E-state index contributed by atoms with van der Waals surface area (Å²) < 4.78 is 27.6. The van der Waals surface area contributed by atoms with E-state index in [1.54, 1.807) is 41.0 Å². The smallest absolute Gasteiger partial charge is 0.243 e. The Hall–Kier alpha value is -1.51. The molecule has 128 valence electrons. The van der Waals surface area contributed by atoms with Crippen LogP contribution >= 0.6 is 15.9 Å². The van der Waals surface area contributed by atoms with E-state index in [0.717, 1.165) is 23.9 Å². The van der Waals surface area contributed by atoms with Crippen molar-refractivity contribution in [3.05, 3.63) is 47.2 Å². The summed E-state index contributed by atoms with van der Waals surface area (Å²) in [5.74, 6) is 1.01. The third-order valence-corrected chi connectivity index (χ3v) is 6.45. The number of nitrogens with one attached hydrogen (secondary N) is 1. The van der Waals surface area contributed by atoms with Crippen molar-refractivity contribution in [3.63, 3.8) is 0 Å². The lowest BCUT2D eigenvalue weighted by atomic mass is 9.98. The maximum atomic E-state index is 12.6. The molecule has 0 atom stereocenters. The van der Waals surface area contributed by atoms with Crippen LogP contribution in [-0.4, -0.2) is 42.3 Å². The van der Waals surface area contributed by atoms with Gasteiger partial charge in [0.05, 0.1) is 9.37 Å². The molecule has 0 spiro atoms. The summed E-state index contributed by atoms with van der Waals surface area (Å²) in [6, 6.07) is 8.62. The van der Waals surface area contributed by atoms with Crippen LogP contribution in [0.3, 0.4) is 0 Å². The molecule has 1 aliphatic heterocycles. The van der Waals surface area contributed by atoms with Crippen LogP contribution in [-0.2, 0) is 10.0 Å². The largest absolute Gasteiger partial charge is 0.354 e. The number of sulfonamides is 1. The average molecular weight is 411 g/mol. The third-order valence-electron chi connectivity index (χ3n) is 4.12. The summed E-state index contributed by atoms with van der Waals surface area (Å²) in [7, 11) is -3.37. The number of rotatable bonds is 5. The lowest BCUT2D eigenvalue weighted by Gasteiger charge is -2.31. The molecule has 0 bridgehead atoms. The molecule has 6 nitrogen and oxygen atoms in total. The lowest BCUT2D eigenvalue weighted by molar-refractivity contribution is 0.282. The number of aromatic nitrogens is 2. The summed E-state index contributed by atoms with van der Waals surface area (Å²) in [5, 5.41) is 3.22. The molecule has 8 heteroatoms. The number of halogens is 1. The van der Waals surface area contributed by atoms with E-state index in [4.69, 9.17) is 0 Å². The molecular formula is C16H19BrN4O2S. The van der Waals surface area contributed by atoms with E-state index in [1.807, 2.05) is 6.07 Å². The zero-order chi connectivity index (χ0) is 17.0. The Morgan fingerprint density at radius 3 is 2.38 bits per heavy atom. The van der Waals surface area contributed by atoms with E-state index >= 15 is 0 Å². The van der Waals surface area contributed by atoms with Crippen LogP contribution < -0.4 is 5.32 Å².